The van der Waals surface area contributed by atoms with Gasteiger partial charge in [0, 0.05) is 44.1 Å². The summed E-state index contributed by atoms with van der Waals surface area (Å²) >= 11 is 0. The molecule has 10 heteroatoms. The number of pyridine rings is 1. The van der Waals surface area contributed by atoms with Gasteiger partial charge in [0.1, 0.15) is 11.6 Å². The van der Waals surface area contributed by atoms with Crippen LogP contribution in [0.4, 0.5) is 17.5 Å². The van der Waals surface area contributed by atoms with Crippen LogP contribution in [0.1, 0.15) is 18.5 Å². The molecule has 0 aliphatic carbocycles. The predicted octanol–water partition coefficient (Wildman–Crippen LogP) is 2.26. The molecule has 2 aromatic heterocycles. The SMILES string of the molecule is Cc1cc(Nc2cc(S(=O)(=O)c3ccccc3)cc(N(CCCO)CCCO)n2)n[nH]1. The number of aliphatic hydroxyl groups is 2. The average Bonchev–Trinajstić information content (AvgIpc) is 3.18. The van der Waals surface area contributed by atoms with Crippen LogP contribution in [0.2, 0.25) is 0 Å². The second kappa shape index (κ2) is 10.4. The van der Waals surface area contributed by atoms with Gasteiger partial charge in [-0.1, -0.05) is 18.2 Å². The molecule has 3 rings (SSSR count). The molecular formula is C21H27N5O4S. The number of H-pyrrole nitrogens is 1. The zero-order chi connectivity index (χ0) is 22.3. The summed E-state index contributed by atoms with van der Waals surface area (Å²) in [5.41, 5.74) is 0.850. The van der Waals surface area contributed by atoms with Gasteiger partial charge in [-0.05, 0) is 38.0 Å². The molecule has 0 saturated heterocycles. The minimum Gasteiger partial charge on any atom is -0.396 e. The number of anilines is 3. The molecule has 4 N–H and O–H groups in total. The third-order valence-electron chi connectivity index (χ3n) is 4.61. The first kappa shape index (κ1) is 22.7. The average molecular weight is 446 g/mol. The Balaban J connectivity index is 2.06. The molecule has 0 spiro atoms. The monoisotopic (exact) mass is 445 g/mol. The molecule has 31 heavy (non-hydrogen) atoms. The minimum absolute atomic E-state index is 0.00468. The van der Waals surface area contributed by atoms with Crippen molar-refractivity contribution in [3.05, 3.63) is 54.2 Å². The lowest BCUT2D eigenvalue weighted by Crippen LogP contribution is -2.28. The molecule has 9 nitrogen and oxygen atoms in total. The van der Waals surface area contributed by atoms with Crippen molar-refractivity contribution in [1.82, 2.24) is 15.2 Å². The number of sulfone groups is 1. The molecule has 0 radical (unpaired) electrons. The van der Waals surface area contributed by atoms with Crippen LogP contribution in [0.25, 0.3) is 0 Å². The summed E-state index contributed by atoms with van der Waals surface area (Å²) in [6.07, 6.45) is 0.980. The van der Waals surface area contributed by atoms with Crippen molar-refractivity contribution < 1.29 is 18.6 Å². The fraction of sp³-hybridized carbons (Fsp3) is 0.333. The fourth-order valence-corrected chi connectivity index (χ4v) is 4.40. The lowest BCUT2D eigenvalue weighted by Gasteiger charge is -2.24. The van der Waals surface area contributed by atoms with Crippen LogP contribution in [-0.4, -0.2) is 60.1 Å². The molecule has 0 unspecified atom stereocenters. The standard InChI is InChI=1S/C21H27N5O4S/c1-16-13-20(25-24-16)22-19-14-18(31(29,30)17-7-3-2-4-8-17)15-21(23-19)26(9-5-11-27)10-6-12-28/h2-4,7-8,13-15,27-28H,5-6,9-12H2,1H3,(H2,22,23,24,25). The van der Waals surface area contributed by atoms with E-state index in [1.807, 2.05) is 11.8 Å². The van der Waals surface area contributed by atoms with E-state index in [-0.39, 0.29) is 23.0 Å². The van der Waals surface area contributed by atoms with Gasteiger partial charge in [-0.25, -0.2) is 13.4 Å². The maximum atomic E-state index is 13.3. The lowest BCUT2D eigenvalue weighted by molar-refractivity contribution is 0.282. The van der Waals surface area contributed by atoms with E-state index in [1.54, 1.807) is 36.4 Å². The Kier molecular flexibility index (Phi) is 7.61. The molecule has 0 bridgehead atoms. The molecule has 3 aromatic rings. The highest BCUT2D eigenvalue weighted by molar-refractivity contribution is 7.91. The number of benzene rings is 1. The number of rotatable bonds is 11. The van der Waals surface area contributed by atoms with Crippen molar-refractivity contribution in [2.45, 2.75) is 29.6 Å². The van der Waals surface area contributed by atoms with Gasteiger partial charge in [0.05, 0.1) is 9.79 Å². The minimum atomic E-state index is -3.78. The number of aliphatic hydroxyl groups excluding tert-OH is 2. The van der Waals surface area contributed by atoms with Crippen LogP contribution < -0.4 is 10.2 Å². The summed E-state index contributed by atoms with van der Waals surface area (Å²) in [5.74, 6) is 1.28. The summed E-state index contributed by atoms with van der Waals surface area (Å²) in [6, 6.07) is 13.0. The number of aromatic nitrogens is 3. The van der Waals surface area contributed by atoms with Crippen molar-refractivity contribution in [3.8, 4) is 0 Å². The molecule has 0 aliphatic heterocycles. The molecule has 2 heterocycles. The summed E-state index contributed by atoms with van der Waals surface area (Å²) in [5, 5.41) is 28.5. The van der Waals surface area contributed by atoms with Crippen molar-refractivity contribution in [2.24, 2.45) is 0 Å². The highest BCUT2D eigenvalue weighted by Gasteiger charge is 2.21. The Labute approximate surface area is 181 Å². The van der Waals surface area contributed by atoms with Crippen LogP contribution in [0.15, 0.2) is 58.3 Å². The number of hydrogen-bond acceptors (Lipinski definition) is 8. The molecular weight excluding hydrogens is 418 g/mol. The number of hydrogen-bond donors (Lipinski definition) is 4. The van der Waals surface area contributed by atoms with Gasteiger partial charge in [0.25, 0.3) is 0 Å². The summed E-state index contributed by atoms with van der Waals surface area (Å²) < 4.78 is 26.5. The van der Waals surface area contributed by atoms with Gasteiger partial charge in [-0.2, -0.15) is 5.10 Å². The first-order valence-electron chi connectivity index (χ1n) is 10.0. The second-order valence-electron chi connectivity index (χ2n) is 7.07. The van der Waals surface area contributed by atoms with E-state index < -0.39 is 9.84 Å². The van der Waals surface area contributed by atoms with E-state index in [4.69, 9.17) is 0 Å². The number of aromatic amines is 1. The third-order valence-corrected chi connectivity index (χ3v) is 6.36. The maximum Gasteiger partial charge on any atom is 0.206 e. The van der Waals surface area contributed by atoms with Crippen molar-refractivity contribution in [3.63, 3.8) is 0 Å². The summed E-state index contributed by atoms with van der Waals surface area (Å²) in [6.45, 7) is 2.79. The van der Waals surface area contributed by atoms with E-state index in [0.717, 1.165) is 5.69 Å². The van der Waals surface area contributed by atoms with Gasteiger partial charge in [0.15, 0.2) is 5.82 Å². The molecule has 0 amide bonds. The highest BCUT2D eigenvalue weighted by atomic mass is 32.2. The van der Waals surface area contributed by atoms with Crippen molar-refractivity contribution in [2.75, 3.05) is 36.5 Å². The van der Waals surface area contributed by atoms with E-state index in [1.165, 1.54) is 12.1 Å². The van der Waals surface area contributed by atoms with E-state index in [0.29, 0.717) is 43.4 Å². The molecule has 0 fully saturated rings. The maximum absolute atomic E-state index is 13.3. The Morgan fingerprint density at radius 1 is 0.968 bits per heavy atom. The Bertz CT molecular complexity index is 1080. The van der Waals surface area contributed by atoms with Crippen LogP contribution in [0.5, 0.6) is 0 Å². The van der Waals surface area contributed by atoms with Gasteiger partial charge in [0.2, 0.25) is 9.84 Å². The van der Waals surface area contributed by atoms with Crippen LogP contribution >= 0.6 is 0 Å². The Hall–Kier alpha value is -2.95. The van der Waals surface area contributed by atoms with Crippen molar-refractivity contribution >= 4 is 27.3 Å². The van der Waals surface area contributed by atoms with Crippen LogP contribution in [0, 0.1) is 6.92 Å². The van der Waals surface area contributed by atoms with E-state index >= 15 is 0 Å². The van der Waals surface area contributed by atoms with E-state index in [2.05, 4.69) is 20.5 Å². The predicted molar refractivity (Wildman–Crippen MR) is 118 cm³/mol. The zero-order valence-corrected chi connectivity index (χ0v) is 18.1. The molecule has 0 saturated carbocycles. The quantitative estimate of drug-likeness (QED) is 0.353. The van der Waals surface area contributed by atoms with Crippen molar-refractivity contribution in [1.29, 1.82) is 0 Å². The van der Waals surface area contributed by atoms with E-state index in [9.17, 15) is 18.6 Å². The number of nitrogens with zero attached hydrogens (tertiary/aromatic N) is 3. The molecule has 0 aliphatic rings. The lowest BCUT2D eigenvalue weighted by atomic mass is 10.3. The van der Waals surface area contributed by atoms with Gasteiger partial charge in [-0.15, -0.1) is 0 Å². The van der Waals surface area contributed by atoms with Gasteiger partial charge < -0.3 is 20.4 Å². The fourth-order valence-electron chi connectivity index (χ4n) is 3.09. The highest BCUT2D eigenvalue weighted by Crippen LogP contribution is 2.28. The summed E-state index contributed by atoms with van der Waals surface area (Å²) in [7, 11) is -3.78. The normalized spacial score (nSPS) is 11.5. The first-order chi connectivity index (χ1) is 14.9. The number of aryl methyl sites for hydroxylation is 1. The third kappa shape index (κ3) is 5.81. The first-order valence-corrected chi connectivity index (χ1v) is 11.5. The zero-order valence-electron chi connectivity index (χ0n) is 17.3. The largest absolute Gasteiger partial charge is 0.396 e. The second-order valence-corrected chi connectivity index (χ2v) is 9.02. The Morgan fingerprint density at radius 3 is 2.23 bits per heavy atom. The molecule has 0 atom stereocenters. The van der Waals surface area contributed by atoms with Crippen LogP contribution in [0.3, 0.4) is 0 Å². The summed E-state index contributed by atoms with van der Waals surface area (Å²) in [4.78, 5) is 6.72. The topological polar surface area (TPSA) is 131 Å². The number of nitrogens with one attached hydrogen (secondary N) is 2. The van der Waals surface area contributed by atoms with Gasteiger partial charge >= 0.3 is 0 Å². The molecule has 1 aromatic carbocycles. The molecule has 166 valence electrons. The smallest absolute Gasteiger partial charge is 0.206 e. The van der Waals surface area contributed by atoms with Gasteiger partial charge in [-0.3, -0.25) is 5.10 Å². The van der Waals surface area contributed by atoms with Crippen LogP contribution in [-0.2, 0) is 9.84 Å². The Morgan fingerprint density at radius 2 is 1.65 bits per heavy atom.